The van der Waals surface area contributed by atoms with E-state index in [1.807, 2.05) is 0 Å². The van der Waals surface area contributed by atoms with Crippen LogP contribution in [0.3, 0.4) is 0 Å². The number of halogens is 3. The third-order valence-corrected chi connectivity index (χ3v) is 5.18. The van der Waals surface area contributed by atoms with Crippen molar-refractivity contribution in [3.63, 3.8) is 0 Å². The zero-order valence-electron chi connectivity index (χ0n) is 17.7. The largest absolute Gasteiger partial charge is 0.534 e. The summed E-state index contributed by atoms with van der Waals surface area (Å²) in [6.07, 6.45) is -1.59. The molecule has 0 saturated carbocycles. The number of ether oxygens (including phenoxy) is 2. The molecule has 0 fully saturated rings. The molecule has 2 radical (unpaired) electrons. The quantitative estimate of drug-likeness (QED) is 0.285. The second-order valence-corrected chi connectivity index (χ2v) is 9.21. The Morgan fingerprint density at radius 2 is 1.68 bits per heavy atom. The summed E-state index contributed by atoms with van der Waals surface area (Å²) in [5, 5.41) is 0.231. The van der Waals surface area contributed by atoms with Crippen molar-refractivity contribution in [2.75, 3.05) is 6.61 Å². The molecule has 0 amide bonds. The molecule has 0 aliphatic heterocycles. The molecule has 0 aliphatic carbocycles. The minimum Gasteiger partial charge on any atom is -0.464 e. The highest BCUT2D eigenvalue weighted by Gasteiger charge is 2.49. The Balaban J connectivity index is 2.94. The molecule has 0 N–H and O–H groups in total. The van der Waals surface area contributed by atoms with Crippen LogP contribution < -0.4 is 9.65 Å². The van der Waals surface area contributed by atoms with E-state index < -0.39 is 39.1 Å². The lowest BCUT2D eigenvalue weighted by Gasteiger charge is -2.30. The van der Waals surface area contributed by atoms with Crippen LogP contribution in [0.1, 0.15) is 44.9 Å². The fraction of sp³-hybridized carbons (Fsp3) is 0.450. The summed E-state index contributed by atoms with van der Waals surface area (Å²) in [6, 6.07) is 5.89. The van der Waals surface area contributed by atoms with Gasteiger partial charge in [-0.2, -0.15) is 21.6 Å². The standard InChI is InChI=1S/C20H22BF3O6S/c1-6-28-18(25)17(29-19(3,4)5)14-11(2)15(21)12-9-7-8-10-13(12)16(14)30-31(26,27)20(22,23)24/h7-10,17H,6H2,1-5H3/t17-/m0/s1. The summed E-state index contributed by atoms with van der Waals surface area (Å²) in [6.45, 7) is 7.79. The number of rotatable bonds is 6. The first-order chi connectivity index (χ1) is 14.1. The van der Waals surface area contributed by atoms with Gasteiger partial charge in [-0.25, -0.2) is 4.79 Å². The minimum atomic E-state index is -6.06. The van der Waals surface area contributed by atoms with Crippen LogP contribution in [0, 0.1) is 6.92 Å². The van der Waals surface area contributed by atoms with Crippen LogP contribution >= 0.6 is 0 Å². The Bertz CT molecular complexity index is 1090. The number of esters is 1. The monoisotopic (exact) mass is 458 g/mol. The predicted molar refractivity (Wildman–Crippen MR) is 110 cm³/mol. The van der Waals surface area contributed by atoms with E-state index in [0.717, 1.165) is 0 Å². The maximum absolute atomic E-state index is 13.1. The molecule has 168 valence electrons. The third-order valence-electron chi connectivity index (χ3n) is 4.23. The van der Waals surface area contributed by atoms with Crippen molar-refractivity contribution in [2.45, 2.75) is 51.8 Å². The van der Waals surface area contributed by atoms with E-state index >= 15 is 0 Å². The molecule has 1 atom stereocenters. The molecule has 31 heavy (non-hydrogen) atoms. The number of hydrogen-bond donors (Lipinski definition) is 0. The van der Waals surface area contributed by atoms with Gasteiger partial charge in [0.05, 0.1) is 12.2 Å². The van der Waals surface area contributed by atoms with Gasteiger partial charge in [-0.05, 0) is 45.6 Å². The summed E-state index contributed by atoms with van der Waals surface area (Å²) >= 11 is 0. The zero-order chi connectivity index (χ0) is 23.8. The minimum absolute atomic E-state index is 0.0276. The smallest absolute Gasteiger partial charge is 0.464 e. The maximum atomic E-state index is 13.1. The van der Waals surface area contributed by atoms with Gasteiger partial charge in [0, 0.05) is 10.9 Å². The first-order valence-corrected chi connectivity index (χ1v) is 10.7. The summed E-state index contributed by atoms with van der Waals surface area (Å²) < 4.78 is 78.5. The molecule has 2 rings (SSSR count). The molecule has 0 saturated heterocycles. The maximum Gasteiger partial charge on any atom is 0.534 e. The van der Waals surface area contributed by atoms with Crippen LogP contribution in [0.25, 0.3) is 10.8 Å². The normalized spacial score (nSPS) is 13.8. The Labute approximate surface area is 180 Å². The van der Waals surface area contributed by atoms with Crippen LogP contribution in [0.4, 0.5) is 13.2 Å². The Morgan fingerprint density at radius 1 is 1.13 bits per heavy atom. The van der Waals surface area contributed by atoms with Crippen molar-refractivity contribution < 1.29 is 40.0 Å². The van der Waals surface area contributed by atoms with Gasteiger partial charge in [-0.1, -0.05) is 29.7 Å². The third kappa shape index (κ3) is 5.32. The van der Waals surface area contributed by atoms with Gasteiger partial charge in [-0.3, -0.25) is 0 Å². The molecular formula is C20H22BF3O6S. The molecule has 0 bridgehead atoms. The fourth-order valence-electron chi connectivity index (χ4n) is 2.94. The van der Waals surface area contributed by atoms with Crippen LogP contribution in [0.5, 0.6) is 5.75 Å². The highest BCUT2D eigenvalue weighted by molar-refractivity contribution is 7.88. The van der Waals surface area contributed by atoms with E-state index in [0.29, 0.717) is 0 Å². The fourth-order valence-corrected chi connectivity index (χ4v) is 3.43. The van der Waals surface area contributed by atoms with E-state index in [2.05, 4.69) is 4.18 Å². The average molecular weight is 458 g/mol. The van der Waals surface area contributed by atoms with Crippen molar-refractivity contribution >= 4 is 40.2 Å². The van der Waals surface area contributed by atoms with E-state index in [1.54, 1.807) is 33.8 Å². The van der Waals surface area contributed by atoms with Gasteiger partial charge in [0.25, 0.3) is 0 Å². The van der Waals surface area contributed by atoms with Gasteiger partial charge in [0.15, 0.2) is 11.9 Å². The van der Waals surface area contributed by atoms with Crippen molar-refractivity contribution in [1.29, 1.82) is 0 Å². The molecule has 0 spiro atoms. The molecule has 0 aromatic heterocycles. The van der Waals surface area contributed by atoms with Gasteiger partial charge < -0.3 is 13.7 Å². The van der Waals surface area contributed by atoms with Gasteiger partial charge in [-0.15, -0.1) is 0 Å². The topological polar surface area (TPSA) is 78.9 Å². The van der Waals surface area contributed by atoms with Gasteiger partial charge in [0.2, 0.25) is 0 Å². The predicted octanol–water partition coefficient (Wildman–Crippen LogP) is 3.59. The first-order valence-electron chi connectivity index (χ1n) is 9.26. The molecule has 2 aromatic carbocycles. The molecule has 2 aromatic rings. The lowest BCUT2D eigenvalue weighted by Crippen LogP contribution is -2.33. The number of carbonyl (C=O) groups excluding carboxylic acids is 1. The number of benzene rings is 2. The molecule has 0 aliphatic rings. The van der Waals surface area contributed by atoms with Crippen molar-refractivity contribution in [3.8, 4) is 5.75 Å². The molecule has 11 heteroatoms. The summed E-state index contributed by atoms with van der Waals surface area (Å²) in [5.74, 6) is -1.62. The second-order valence-electron chi connectivity index (χ2n) is 7.67. The highest BCUT2D eigenvalue weighted by atomic mass is 32.2. The number of alkyl halides is 3. The SMILES string of the molecule is [B]c1c(C)c([C@H](OC(C)(C)C)C(=O)OCC)c(OS(=O)(=O)C(F)(F)F)c2ccccc12. The summed E-state index contributed by atoms with van der Waals surface area (Å²) in [7, 11) is 0.120. The van der Waals surface area contributed by atoms with E-state index in [9.17, 15) is 26.4 Å². The zero-order valence-corrected chi connectivity index (χ0v) is 18.5. The highest BCUT2D eigenvalue weighted by Crippen LogP contribution is 2.41. The Morgan fingerprint density at radius 3 is 2.16 bits per heavy atom. The van der Waals surface area contributed by atoms with Crippen LogP contribution in [-0.4, -0.2) is 39.9 Å². The number of hydrogen-bond acceptors (Lipinski definition) is 6. The average Bonchev–Trinajstić information content (AvgIpc) is 2.63. The second kappa shape index (κ2) is 8.70. The summed E-state index contributed by atoms with van der Waals surface area (Å²) in [4.78, 5) is 12.7. The van der Waals surface area contributed by atoms with Crippen LogP contribution in [-0.2, 0) is 24.4 Å². The summed E-state index contributed by atoms with van der Waals surface area (Å²) in [5.41, 5.74) is -6.63. The van der Waals surface area contributed by atoms with Crippen molar-refractivity contribution in [2.24, 2.45) is 0 Å². The molecule has 6 nitrogen and oxygen atoms in total. The van der Waals surface area contributed by atoms with Crippen LogP contribution in [0.2, 0.25) is 0 Å². The number of fused-ring (bicyclic) bond motifs is 1. The van der Waals surface area contributed by atoms with Gasteiger partial charge >= 0.3 is 21.6 Å². The van der Waals surface area contributed by atoms with Crippen molar-refractivity contribution in [1.82, 2.24) is 0 Å². The van der Waals surface area contributed by atoms with E-state index in [1.165, 1.54) is 25.1 Å². The van der Waals surface area contributed by atoms with E-state index in [4.69, 9.17) is 17.3 Å². The molecule has 0 heterocycles. The van der Waals surface area contributed by atoms with E-state index in [-0.39, 0.29) is 34.0 Å². The molecular weight excluding hydrogens is 436 g/mol. The lowest BCUT2D eigenvalue weighted by atomic mass is 9.81. The number of carbonyl (C=O) groups is 1. The van der Waals surface area contributed by atoms with Gasteiger partial charge in [0.1, 0.15) is 7.85 Å². The Hall–Kier alpha value is -2.27. The van der Waals surface area contributed by atoms with Crippen LogP contribution in [0.15, 0.2) is 24.3 Å². The van der Waals surface area contributed by atoms with Crippen molar-refractivity contribution in [3.05, 3.63) is 35.4 Å². The lowest BCUT2D eigenvalue weighted by molar-refractivity contribution is -0.167. The molecule has 0 unspecified atom stereocenters. The Kier molecular flexibility index (Phi) is 7.02. The first kappa shape index (κ1) is 25.0.